The van der Waals surface area contributed by atoms with Crippen molar-refractivity contribution in [2.75, 3.05) is 12.0 Å². The second kappa shape index (κ2) is 6.74. The normalized spacial score (nSPS) is 11.6. The third-order valence-corrected chi connectivity index (χ3v) is 6.47. The molecular weight excluding hydrogens is 426 g/mol. The van der Waals surface area contributed by atoms with Crippen molar-refractivity contribution in [1.82, 2.24) is 10.3 Å². The molecule has 0 saturated carbocycles. The fourth-order valence-electron chi connectivity index (χ4n) is 2.32. The average Bonchev–Trinajstić information content (AvgIpc) is 2.90. The number of amides is 1. The van der Waals surface area contributed by atoms with E-state index in [1.807, 2.05) is 0 Å². The smallest absolute Gasteiger partial charge is 0.263 e. The van der Waals surface area contributed by atoms with Gasteiger partial charge in [0.05, 0.1) is 15.3 Å². The maximum atomic E-state index is 12.4. The summed E-state index contributed by atoms with van der Waals surface area (Å²) in [4.78, 5) is 17.2. The molecule has 0 fully saturated rings. The van der Waals surface area contributed by atoms with Gasteiger partial charge in [-0.3, -0.25) is 9.78 Å². The number of nitrogens with one attached hydrogen (secondary N) is 1. The van der Waals surface area contributed by atoms with Gasteiger partial charge in [-0.2, -0.15) is 0 Å². The van der Waals surface area contributed by atoms with Crippen LogP contribution in [0.5, 0.6) is 0 Å². The number of hydrogen-bond donors (Lipinski definition) is 2. The van der Waals surface area contributed by atoms with Crippen molar-refractivity contribution >= 4 is 58.8 Å². The van der Waals surface area contributed by atoms with E-state index in [1.54, 1.807) is 24.5 Å². The summed E-state index contributed by atoms with van der Waals surface area (Å²) < 4.78 is 24.5. The van der Waals surface area contributed by atoms with Crippen LogP contribution in [-0.2, 0) is 16.4 Å². The van der Waals surface area contributed by atoms with Crippen LogP contribution in [0.2, 0.25) is 0 Å². The van der Waals surface area contributed by atoms with E-state index in [2.05, 4.69) is 26.2 Å². The Morgan fingerprint density at radius 2 is 1.96 bits per heavy atom. The molecular formula is C16H14BrN3O3S2. The van der Waals surface area contributed by atoms with Gasteiger partial charge in [0.25, 0.3) is 5.91 Å². The first-order valence-corrected chi connectivity index (χ1v) is 10.7. The maximum absolute atomic E-state index is 12.4. The monoisotopic (exact) mass is 439 g/mol. The zero-order valence-corrected chi connectivity index (χ0v) is 16.3. The van der Waals surface area contributed by atoms with Gasteiger partial charge in [0, 0.05) is 35.1 Å². The molecule has 3 aromatic rings. The van der Waals surface area contributed by atoms with E-state index >= 15 is 0 Å². The van der Waals surface area contributed by atoms with Crippen LogP contribution >= 0.6 is 27.3 Å². The van der Waals surface area contributed by atoms with E-state index in [0.29, 0.717) is 10.6 Å². The van der Waals surface area contributed by atoms with Crippen LogP contribution in [-0.4, -0.2) is 25.6 Å². The van der Waals surface area contributed by atoms with Crippen molar-refractivity contribution in [2.45, 2.75) is 11.4 Å². The van der Waals surface area contributed by atoms with Gasteiger partial charge < -0.3 is 11.1 Å². The Morgan fingerprint density at radius 1 is 1.28 bits per heavy atom. The predicted octanol–water partition coefficient (Wildman–Crippen LogP) is 2.97. The Balaban J connectivity index is 1.77. The molecule has 1 aromatic carbocycles. The van der Waals surface area contributed by atoms with Gasteiger partial charge in [-0.1, -0.05) is 12.1 Å². The maximum Gasteiger partial charge on any atom is 0.263 e. The Kier molecular flexibility index (Phi) is 4.81. The zero-order valence-electron chi connectivity index (χ0n) is 13.1. The molecule has 1 amide bonds. The average molecular weight is 440 g/mol. The van der Waals surface area contributed by atoms with Crippen LogP contribution in [0, 0.1) is 0 Å². The summed E-state index contributed by atoms with van der Waals surface area (Å²) in [7, 11) is -3.23. The first-order chi connectivity index (χ1) is 11.8. The number of pyridine rings is 1. The molecule has 6 nitrogen and oxygen atoms in total. The molecule has 3 rings (SSSR count). The summed E-state index contributed by atoms with van der Waals surface area (Å²) in [6, 6.07) is 6.39. The van der Waals surface area contributed by atoms with E-state index in [9.17, 15) is 13.2 Å². The molecule has 25 heavy (non-hydrogen) atoms. The number of benzene rings is 1. The third-order valence-electron chi connectivity index (χ3n) is 3.60. The molecule has 2 aromatic heterocycles. The lowest BCUT2D eigenvalue weighted by atomic mass is 10.2. The Hall–Kier alpha value is -1.97. The SMILES string of the molecule is CS(=O)(=O)c1ccc(CNC(=O)c2sc3cncc(Br)c3c2N)cc1. The van der Waals surface area contributed by atoms with Crippen LogP contribution < -0.4 is 11.1 Å². The van der Waals surface area contributed by atoms with Crippen molar-refractivity contribution in [3.8, 4) is 0 Å². The summed E-state index contributed by atoms with van der Waals surface area (Å²) in [6.07, 6.45) is 4.46. The molecule has 0 aliphatic carbocycles. The van der Waals surface area contributed by atoms with E-state index in [0.717, 1.165) is 26.4 Å². The number of hydrogen-bond acceptors (Lipinski definition) is 6. The van der Waals surface area contributed by atoms with Crippen molar-refractivity contribution in [3.63, 3.8) is 0 Å². The number of carbonyl (C=O) groups excluding carboxylic acids is 1. The number of nitrogens with two attached hydrogens (primary N) is 1. The second-order valence-corrected chi connectivity index (χ2v) is 9.36. The summed E-state index contributed by atoms with van der Waals surface area (Å²) in [6.45, 7) is 0.274. The summed E-state index contributed by atoms with van der Waals surface area (Å²) in [5.41, 5.74) is 7.31. The minimum Gasteiger partial charge on any atom is -0.397 e. The number of nitrogen functional groups attached to an aromatic ring is 1. The Labute approximate surface area is 157 Å². The van der Waals surface area contributed by atoms with Crippen molar-refractivity contribution in [1.29, 1.82) is 0 Å². The van der Waals surface area contributed by atoms with Gasteiger partial charge in [0.15, 0.2) is 9.84 Å². The lowest BCUT2D eigenvalue weighted by Gasteiger charge is -2.06. The summed E-state index contributed by atoms with van der Waals surface area (Å²) in [5.74, 6) is -0.280. The molecule has 0 saturated heterocycles. The topological polar surface area (TPSA) is 102 Å². The third kappa shape index (κ3) is 3.68. The minimum atomic E-state index is -3.23. The lowest BCUT2D eigenvalue weighted by Crippen LogP contribution is -2.22. The molecule has 0 atom stereocenters. The van der Waals surface area contributed by atoms with E-state index in [1.165, 1.54) is 23.5 Å². The van der Waals surface area contributed by atoms with Crippen molar-refractivity contribution in [3.05, 3.63) is 51.6 Å². The predicted molar refractivity (Wildman–Crippen MR) is 102 cm³/mol. The number of aromatic nitrogens is 1. The fourth-order valence-corrected chi connectivity index (χ4v) is 4.66. The molecule has 3 N–H and O–H groups in total. The molecule has 130 valence electrons. The van der Waals surface area contributed by atoms with Gasteiger partial charge >= 0.3 is 0 Å². The number of fused-ring (bicyclic) bond motifs is 1. The van der Waals surface area contributed by atoms with Crippen LogP contribution in [0.3, 0.4) is 0 Å². The number of halogens is 1. The quantitative estimate of drug-likeness (QED) is 0.650. The van der Waals surface area contributed by atoms with Gasteiger partial charge in [0.1, 0.15) is 4.88 Å². The zero-order chi connectivity index (χ0) is 18.2. The Morgan fingerprint density at radius 3 is 2.56 bits per heavy atom. The minimum absolute atomic E-state index is 0.244. The summed E-state index contributed by atoms with van der Waals surface area (Å²) >= 11 is 4.67. The molecule has 0 unspecified atom stereocenters. The molecule has 0 spiro atoms. The highest BCUT2D eigenvalue weighted by atomic mass is 79.9. The fraction of sp³-hybridized carbons (Fsp3) is 0.125. The standard InChI is InChI=1S/C16H14BrN3O3S2/c1-25(22,23)10-4-2-9(3-5-10)6-20-16(21)15-14(18)13-11(17)7-19-8-12(13)24-15/h2-5,7-8H,6,18H2,1H3,(H,20,21). The van der Waals surface area contributed by atoms with Crippen LogP contribution in [0.1, 0.15) is 15.2 Å². The van der Waals surface area contributed by atoms with E-state index in [-0.39, 0.29) is 17.3 Å². The molecule has 0 bridgehead atoms. The number of rotatable bonds is 4. The van der Waals surface area contributed by atoms with Crippen molar-refractivity contribution < 1.29 is 13.2 Å². The van der Waals surface area contributed by atoms with E-state index in [4.69, 9.17) is 5.73 Å². The Bertz CT molecular complexity index is 1060. The van der Waals surface area contributed by atoms with Gasteiger partial charge in [0.2, 0.25) is 0 Å². The largest absolute Gasteiger partial charge is 0.397 e. The molecule has 0 radical (unpaired) electrons. The highest BCUT2D eigenvalue weighted by Gasteiger charge is 2.18. The second-order valence-electron chi connectivity index (χ2n) is 5.44. The number of sulfone groups is 1. The number of thiophene rings is 1. The molecule has 0 aliphatic heterocycles. The van der Waals surface area contributed by atoms with Crippen molar-refractivity contribution in [2.24, 2.45) is 0 Å². The molecule has 2 heterocycles. The van der Waals surface area contributed by atoms with E-state index < -0.39 is 9.84 Å². The van der Waals surface area contributed by atoms with Crippen LogP contribution in [0.4, 0.5) is 5.69 Å². The first kappa shape index (κ1) is 17.8. The molecule has 0 aliphatic rings. The summed E-state index contributed by atoms with van der Waals surface area (Å²) in [5, 5.41) is 3.58. The number of nitrogens with zero attached hydrogens (tertiary/aromatic N) is 1. The van der Waals surface area contributed by atoms with Gasteiger partial charge in [-0.25, -0.2) is 8.42 Å². The highest BCUT2D eigenvalue weighted by molar-refractivity contribution is 9.10. The highest BCUT2D eigenvalue weighted by Crippen LogP contribution is 2.37. The van der Waals surface area contributed by atoms with Gasteiger partial charge in [-0.15, -0.1) is 11.3 Å². The van der Waals surface area contributed by atoms with Crippen LogP contribution in [0.15, 0.2) is 46.0 Å². The van der Waals surface area contributed by atoms with Crippen LogP contribution in [0.25, 0.3) is 10.1 Å². The first-order valence-electron chi connectivity index (χ1n) is 7.16. The lowest BCUT2D eigenvalue weighted by molar-refractivity contribution is 0.0956. The number of carbonyl (C=O) groups is 1. The number of anilines is 1. The van der Waals surface area contributed by atoms with Gasteiger partial charge in [-0.05, 0) is 33.6 Å². The molecule has 9 heteroatoms.